The molecular weight excluding hydrogens is 358 g/mol. The van der Waals surface area contributed by atoms with Gasteiger partial charge in [-0.1, -0.05) is 35.9 Å². The minimum atomic E-state index is -2.07. The summed E-state index contributed by atoms with van der Waals surface area (Å²) in [5.41, 5.74) is 1.61. The Kier molecular flexibility index (Phi) is 5.71. The zero-order valence-electron chi connectivity index (χ0n) is 13.2. The molecule has 0 radical (unpaired) electrons. The van der Waals surface area contributed by atoms with Crippen molar-refractivity contribution in [3.8, 4) is 11.5 Å². The Hall–Kier alpha value is -2.34. The molecule has 0 heterocycles. The quantitative estimate of drug-likeness (QED) is 0.574. The molecule has 1 unspecified atom stereocenters. The molecule has 0 saturated carbocycles. The smallest absolute Gasteiger partial charge is 0.186 e. The normalized spacial score (nSPS) is 11.8. The maximum atomic E-state index is 11.6. The van der Waals surface area contributed by atoms with E-state index in [1.807, 2.05) is 30.3 Å². The van der Waals surface area contributed by atoms with Crippen molar-refractivity contribution >= 4 is 28.4 Å². The molecule has 4 nitrogen and oxygen atoms in total. The van der Waals surface area contributed by atoms with Crippen LogP contribution < -0.4 is 10.1 Å². The third-order valence-electron chi connectivity index (χ3n) is 3.51. The monoisotopic (exact) mass is 373 g/mol. The molecule has 0 spiro atoms. The van der Waals surface area contributed by atoms with Gasteiger partial charge in [-0.15, -0.1) is 0 Å². The summed E-state index contributed by atoms with van der Waals surface area (Å²) in [4.78, 5) is 0.349. The Morgan fingerprint density at radius 3 is 2.44 bits per heavy atom. The van der Waals surface area contributed by atoms with Crippen LogP contribution in [0.1, 0.15) is 5.56 Å². The first-order valence-electron chi connectivity index (χ1n) is 7.58. The number of benzene rings is 3. The molecule has 6 heteroatoms. The minimum absolute atomic E-state index is 0.349. The molecule has 0 saturated heterocycles. The molecule has 3 aromatic rings. The van der Waals surface area contributed by atoms with E-state index in [0.717, 1.165) is 5.69 Å². The van der Waals surface area contributed by atoms with Crippen LogP contribution in [0.3, 0.4) is 0 Å². The molecule has 0 aliphatic carbocycles. The highest BCUT2D eigenvalue weighted by molar-refractivity contribution is 7.79. The van der Waals surface area contributed by atoms with Gasteiger partial charge >= 0.3 is 0 Å². The summed E-state index contributed by atoms with van der Waals surface area (Å²) < 4.78 is 26.9. The van der Waals surface area contributed by atoms with Gasteiger partial charge in [0.1, 0.15) is 11.5 Å². The predicted octanol–water partition coefficient (Wildman–Crippen LogP) is 5.33. The van der Waals surface area contributed by atoms with Crippen molar-refractivity contribution in [1.29, 1.82) is 0 Å². The maximum absolute atomic E-state index is 11.6. The molecule has 0 aliphatic heterocycles. The molecule has 3 rings (SSSR count). The van der Waals surface area contributed by atoms with Crippen LogP contribution in [-0.2, 0) is 17.6 Å². The van der Waals surface area contributed by atoms with E-state index in [0.29, 0.717) is 33.5 Å². The number of hydrogen-bond donors (Lipinski definition) is 2. The molecule has 0 aromatic heterocycles. The van der Waals surface area contributed by atoms with Gasteiger partial charge in [-0.05, 0) is 54.1 Å². The fraction of sp³-hybridized carbons (Fsp3) is 0.0526. The van der Waals surface area contributed by atoms with Crippen LogP contribution in [0.15, 0.2) is 77.7 Å². The first-order valence-corrected chi connectivity index (χ1v) is 9.06. The molecular formula is C19H16ClNO3S. The van der Waals surface area contributed by atoms with Crippen LogP contribution in [-0.4, -0.2) is 8.76 Å². The second kappa shape index (κ2) is 8.16. The molecule has 1 atom stereocenters. The Morgan fingerprint density at radius 1 is 0.960 bits per heavy atom. The fourth-order valence-corrected chi connectivity index (χ4v) is 3.07. The molecule has 2 N–H and O–H groups in total. The molecule has 0 bridgehead atoms. The Bertz CT molecular complexity index is 887. The Labute approximate surface area is 153 Å². The van der Waals surface area contributed by atoms with Gasteiger partial charge in [0.05, 0.1) is 4.90 Å². The average Bonchev–Trinajstić information content (AvgIpc) is 2.61. The van der Waals surface area contributed by atoms with Crippen molar-refractivity contribution in [2.24, 2.45) is 0 Å². The first kappa shape index (κ1) is 17.5. The van der Waals surface area contributed by atoms with Crippen LogP contribution in [0.5, 0.6) is 11.5 Å². The van der Waals surface area contributed by atoms with Gasteiger partial charge in [-0.2, -0.15) is 0 Å². The third-order valence-corrected chi connectivity index (χ3v) is 4.52. The lowest BCUT2D eigenvalue weighted by Gasteiger charge is -2.12. The van der Waals surface area contributed by atoms with E-state index < -0.39 is 11.1 Å². The van der Waals surface area contributed by atoms with Crippen LogP contribution in [0.4, 0.5) is 5.69 Å². The Balaban J connectivity index is 1.82. The second-order valence-electron chi connectivity index (χ2n) is 5.30. The largest absolute Gasteiger partial charge is 0.457 e. The average molecular weight is 374 g/mol. The van der Waals surface area contributed by atoms with Gasteiger partial charge in [0, 0.05) is 17.3 Å². The van der Waals surface area contributed by atoms with Crippen LogP contribution >= 0.6 is 11.6 Å². The highest BCUT2D eigenvalue weighted by Crippen LogP contribution is 2.27. The fourth-order valence-electron chi connectivity index (χ4n) is 2.35. The number of anilines is 1. The predicted molar refractivity (Wildman–Crippen MR) is 101 cm³/mol. The summed E-state index contributed by atoms with van der Waals surface area (Å²) in [6, 6.07) is 21.7. The lowest BCUT2D eigenvalue weighted by molar-refractivity contribution is 0.481. The van der Waals surface area contributed by atoms with Gasteiger partial charge in [0.25, 0.3) is 0 Å². The molecule has 25 heavy (non-hydrogen) atoms. The SMILES string of the molecule is O=S(O)c1ccc(Oc2cccc(Cl)c2)cc1CNc1ccccc1. The molecule has 0 aliphatic rings. The number of para-hydroxylation sites is 1. The molecule has 0 fully saturated rings. The minimum Gasteiger partial charge on any atom is -0.457 e. The highest BCUT2D eigenvalue weighted by Gasteiger charge is 2.10. The third kappa shape index (κ3) is 4.82. The second-order valence-corrected chi connectivity index (χ2v) is 6.67. The van der Waals surface area contributed by atoms with E-state index >= 15 is 0 Å². The number of nitrogens with one attached hydrogen (secondary N) is 1. The van der Waals surface area contributed by atoms with E-state index in [1.54, 1.807) is 42.5 Å². The van der Waals surface area contributed by atoms with Gasteiger partial charge < -0.3 is 14.6 Å². The van der Waals surface area contributed by atoms with E-state index in [-0.39, 0.29) is 0 Å². The van der Waals surface area contributed by atoms with E-state index in [2.05, 4.69) is 5.32 Å². The standard InChI is InChI=1S/C19H16ClNO3S/c20-15-5-4-8-17(12-15)24-18-9-10-19(25(22)23)14(11-18)13-21-16-6-2-1-3-7-16/h1-12,21H,13H2,(H,22,23). The van der Waals surface area contributed by atoms with Crippen molar-refractivity contribution < 1.29 is 13.5 Å². The topological polar surface area (TPSA) is 58.6 Å². The van der Waals surface area contributed by atoms with Gasteiger partial charge in [-0.25, -0.2) is 4.21 Å². The van der Waals surface area contributed by atoms with E-state index in [9.17, 15) is 8.76 Å². The van der Waals surface area contributed by atoms with Crippen LogP contribution in [0, 0.1) is 0 Å². The number of rotatable bonds is 6. The van der Waals surface area contributed by atoms with Crippen LogP contribution in [0.25, 0.3) is 0 Å². The van der Waals surface area contributed by atoms with Gasteiger partial charge in [0.15, 0.2) is 11.1 Å². The number of halogens is 1. The molecule has 3 aromatic carbocycles. The van der Waals surface area contributed by atoms with Gasteiger partial charge in [-0.3, -0.25) is 0 Å². The lowest BCUT2D eigenvalue weighted by atomic mass is 10.2. The van der Waals surface area contributed by atoms with Gasteiger partial charge in [0.2, 0.25) is 0 Å². The lowest BCUT2D eigenvalue weighted by Crippen LogP contribution is -2.04. The summed E-state index contributed by atoms with van der Waals surface area (Å²) >= 11 is 3.89. The summed E-state index contributed by atoms with van der Waals surface area (Å²) in [5.74, 6) is 1.17. The van der Waals surface area contributed by atoms with Crippen molar-refractivity contribution in [2.75, 3.05) is 5.32 Å². The number of ether oxygens (including phenoxy) is 1. The van der Waals surface area contributed by atoms with Crippen molar-refractivity contribution in [1.82, 2.24) is 0 Å². The van der Waals surface area contributed by atoms with E-state index in [4.69, 9.17) is 16.3 Å². The zero-order chi connectivity index (χ0) is 17.6. The first-order chi connectivity index (χ1) is 12.1. The summed E-state index contributed by atoms with van der Waals surface area (Å²) in [6.45, 7) is 0.401. The van der Waals surface area contributed by atoms with Crippen LogP contribution in [0.2, 0.25) is 5.02 Å². The number of hydrogen-bond acceptors (Lipinski definition) is 3. The summed E-state index contributed by atoms with van der Waals surface area (Å²) in [5, 5.41) is 3.81. The van der Waals surface area contributed by atoms with E-state index in [1.165, 1.54) is 0 Å². The Morgan fingerprint density at radius 2 is 1.72 bits per heavy atom. The maximum Gasteiger partial charge on any atom is 0.186 e. The summed E-state index contributed by atoms with van der Waals surface area (Å²) in [6.07, 6.45) is 0. The molecule has 0 amide bonds. The highest BCUT2D eigenvalue weighted by atomic mass is 35.5. The summed E-state index contributed by atoms with van der Waals surface area (Å²) in [7, 11) is 0. The molecule has 128 valence electrons. The zero-order valence-corrected chi connectivity index (χ0v) is 14.8. The van der Waals surface area contributed by atoms with Crippen molar-refractivity contribution in [2.45, 2.75) is 11.4 Å². The van der Waals surface area contributed by atoms with Crippen molar-refractivity contribution in [3.05, 3.63) is 83.4 Å². The van der Waals surface area contributed by atoms with Crippen molar-refractivity contribution in [3.63, 3.8) is 0 Å².